The van der Waals surface area contributed by atoms with Crippen molar-refractivity contribution in [3.63, 3.8) is 0 Å². The zero-order chi connectivity index (χ0) is 24.5. The zero-order valence-electron chi connectivity index (χ0n) is 21.1. The van der Waals surface area contributed by atoms with Crippen LogP contribution in [0.15, 0.2) is 47.1 Å². The van der Waals surface area contributed by atoms with E-state index in [-0.39, 0.29) is 11.9 Å². The van der Waals surface area contributed by atoms with Crippen molar-refractivity contribution in [2.24, 2.45) is 4.99 Å². The summed E-state index contributed by atoms with van der Waals surface area (Å²) in [5.74, 6) is 1.31. The van der Waals surface area contributed by atoms with Gasteiger partial charge in [0.2, 0.25) is 0 Å². The minimum Gasteiger partial charge on any atom is -0.391 e. The number of carbonyl (C=O) groups excluding carboxylic acids is 1. The average Bonchev–Trinajstić information content (AvgIpc) is 3.26. The van der Waals surface area contributed by atoms with E-state index in [1.807, 2.05) is 4.90 Å². The Bertz CT molecular complexity index is 1200. The molecule has 0 radical (unpaired) electrons. The molecule has 0 spiro atoms. The summed E-state index contributed by atoms with van der Waals surface area (Å²) >= 11 is 0. The van der Waals surface area contributed by atoms with Gasteiger partial charge in [0.25, 0.3) is 5.91 Å². The summed E-state index contributed by atoms with van der Waals surface area (Å²) < 4.78 is 5.47. The molecule has 1 amide bonds. The number of aliphatic hydroxyl groups excluding tert-OH is 1. The molecule has 1 N–H and O–H groups in total. The van der Waals surface area contributed by atoms with E-state index in [9.17, 15) is 9.90 Å². The van der Waals surface area contributed by atoms with Crippen LogP contribution in [0.2, 0.25) is 0 Å². The largest absolute Gasteiger partial charge is 0.391 e. The highest BCUT2D eigenvalue weighted by atomic mass is 16.5. The van der Waals surface area contributed by atoms with Crippen LogP contribution in [0.3, 0.4) is 0 Å². The molecule has 3 aliphatic heterocycles. The Morgan fingerprint density at radius 1 is 1.03 bits per heavy atom. The van der Waals surface area contributed by atoms with Gasteiger partial charge in [0.1, 0.15) is 5.84 Å². The van der Waals surface area contributed by atoms with Crippen LogP contribution in [0.5, 0.6) is 0 Å². The van der Waals surface area contributed by atoms with Gasteiger partial charge in [-0.05, 0) is 66.5 Å². The van der Waals surface area contributed by atoms with Gasteiger partial charge in [-0.1, -0.05) is 42.7 Å². The van der Waals surface area contributed by atoms with Gasteiger partial charge in [0, 0.05) is 37.8 Å². The molecule has 2 aromatic carbocycles. The van der Waals surface area contributed by atoms with Crippen LogP contribution < -0.4 is 0 Å². The van der Waals surface area contributed by atoms with Gasteiger partial charge in [-0.15, -0.1) is 0 Å². The number of aliphatic imine (C=N–C) groups is 1. The molecule has 190 valence electrons. The molecule has 0 aromatic heterocycles. The summed E-state index contributed by atoms with van der Waals surface area (Å²) in [5, 5.41) is 13.1. The smallest absolute Gasteiger partial charge is 0.254 e. The Labute approximate surface area is 213 Å². The first-order valence-corrected chi connectivity index (χ1v) is 13.8. The fraction of sp³-hybridized carbons (Fsp3) is 0.533. The molecular formula is C30H37N3O3. The van der Waals surface area contributed by atoms with Gasteiger partial charge in [0.15, 0.2) is 0 Å². The van der Waals surface area contributed by atoms with Crippen molar-refractivity contribution in [1.29, 1.82) is 0 Å². The fourth-order valence-electron chi connectivity index (χ4n) is 6.52. The highest BCUT2D eigenvalue weighted by Crippen LogP contribution is 2.37. The molecule has 1 aliphatic carbocycles. The Hall–Kier alpha value is -2.70. The second-order valence-corrected chi connectivity index (χ2v) is 10.7. The number of aryl methyl sites for hydroxylation is 1. The second kappa shape index (κ2) is 10.3. The Morgan fingerprint density at radius 3 is 2.61 bits per heavy atom. The normalized spacial score (nSPS) is 24.6. The van der Waals surface area contributed by atoms with Crippen molar-refractivity contribution in [1.82, 2.24) is 9.80 Å². The topological polar surface area (TPSA) is 65.4 Å². The van der Waals surface area contributed by atoms with Crippen LogP contribution >= 0.6 is 0 Å². The summed E-state index contributed by atoms with van der Waals surface area (Å²) in [6.45, 7) is 4.11. The Balaban J connectivity index is 1.17. The van der Waals surface area contributed by atoms with E-state index in [0.717, 1.165) is 95.2 Å². The first-order chi connectivity index (χ1) is 17.7. The number of amides is 1. The number of nitrogens with zero attached hydrogens (tertiary/aromatic N) is 3. The molecule has 2 unspecified atom stereocenters. The van der Waals surface area contributed by atoms with E-state index in [1.165, 1.54) is 27.7 Å². The van der Waals surface area contributed by atoms with Crippen molar-refractivity contribution in [3.8, 4) is 0 Å². The number of hydrogen-bond acceptors (Lipinski definition) is 5. The van der Waals surface area contributed by atoms with Gasteiger partial charge in [0.05, 0.1) is 25.4 Å². The van der Waals surface area contributed by atoms with Gasteiger partial charge in [-0.2, -0.15) is 0 Å². The monoisotopic (exact) mass is 487 g/mol. The number of benzene rings is 2. The van der Waals surface area contributed by atoms with Crippen molar-refractivity contribution in [2.45, 2.75) is 76.5 Å². The first-order valence-electron chi connectivity index (χ1n) is 13.8. The maximum absolute atomic E-state index is 13.5. The maximum atomic E-state index is 13.5. The lowest BCUT2D eigenvalue weighted by atomic mass is 9.91. The number of amidine groups is 1. The number of carbonyl (C=O) groups is 1. The predicted octanol–water partition coefficient (Wildman–Crippen LogP) is 4.83. The molecule has 2 fully saturated rings. The molecule has 36 heavy (non-hydrogen) atoms. The minimum atomic E-state index is -0.405. The third-order valence-electron chi connectivity index (χ3n) is 8.54. The lowest BCUT2D eigenvalue weighted by molar-refractivity contribution is 0.0192. The third-order valence-corrected chi connectivity index (χ3v) is 8.54. The molecule has 1 saturated carbocycles. The van der Waals surface area contributed by atoms with Gasteiger partial charge >= 0.3 is 0 Å². The number of allylic oxidation sites excluding steroid dienone is 1. The molecule has 2 atom stereocenters. The van der Waals surface area contributed by atoms with Crippen LogP contribution in [-0.2, 0) is 17.7 Å². The SMILES string of the molecule is O=C1c2cc(CCCC3=CN=C(N4CCOCC4)CC3)c3ccccc3c2CN1C1CCCCC1O. The molecule has 4 aliphatic rings. The van der Waals surface area contributed by atoms with E-state index >= 15 is 0 Å². The average molecular weight is 488 g/mol. The summed E-state index contributed by atoms with van der Waals surface area (Å²) in [7, 11) is 0. The molecule has 1 saturated heterocycles. The number of rotatable bonds is 5. The second-order valence-electron chi connectivity index (χ2n) is 10.7. The van der Waals surface area contributed by atoms with Gasteiger partial charge in [-0.3, -0.25) is 4.79 Å². The zero-order valence-corrected chi connectivity index (χ0v) is 21.1. The Morgan fingerprint density at radius 2 is 1.83 bits per heavy atom. The van der Waals surface area contributed by atoms with Crippen LogP contribution in [0.4, 0.5) is 0 Å². The number of ether oxygens (including phenoxy) is 1. The van der Waals surface area contributed by atoms with Crippen LogP contribution in [0.1, 0.15) is 72.9 Å². The van der Waals surface area contributed by atoms with E-state index in [4.69, 9.17) is 9.73 Å². The van der Waals surface area contributed by atoms with Crippen molar-refractivity contribution in [2.75, 3.05) is 26.3 Å². The maximum Gasteiger partial charge on any atom is 0.254 e. The molecular weight excluding hydrogens is 450 g/mol. The van der Waals surface area contributed by atoms with E-state index in [1.54, 1.807) is 0 Å². The highest BCUT2D eigenvalue weighted by Gasteiger charge is 2.38. The molecule has 6 nitrogen and oxygen atoms in total. The third kappa shape index (κ3) is 4.57. The summed E-state index contributed by atoms with van der Waals surface area (Å²) in [6, 6.07) is 10.6. The lowest BCUT2D eigenvalue weighted by Gasteiger charge is -2.35. The standard InChI is InChI=1S/C30H37N3O3/c34-28-11-4-3-10-27(28)33-20-26-24-9-2-1-8-23(24)22(18-25(26)30(33)35)7-5-6-21-12-13-29(31-19-21)32-14-16-36-17-15-32/h1-2,8-9,18-19,27-28,34H,3-7,10-17,20H2. The van der Waals surface area contributed by atoms with Crippen LogP contribution in [0.25, 0.3) is 10.8 Å². The number of aliphatic hydroxyl groups is 1. The predicted molar refractivity (Wildman–Crippen MR) is 142 cm³/mol. The van der Waals surface area contributed by atoms with E-state index < -0.39 is 6.10 Å². The number of hydrogen-bond donors (Lipinski definition) is 1. The van der Waals surface area contributed by atoms with Crippen LogP contribution in [0, 0.1) is 0 Å². The first kappa shape index (κ1) is 23.7. The van der Waals surface area contributed by atoms with E-state index in [0.29, 0.717) is 6.54 Å². The summed E-state index contributed by atoms with van der Waals surface area (Å²) in [4.78, 5) is 22.6. The highest BCUT2D eigenvalue weighted by molar-refractivity contribution is 6.05. The van der Waals surface area contributed by atoms with Crippen molar-refractivity contribution in [3.05, 3.63) is 58.8 Å². The van der Waals surface area contributed by atoms with Gasteiger partial charge < -0.3 is 19.6 Å². The van der Waals surface area contributed by atoms with Crippen LogP contribution in [-0.4, -0.2) is 65.1 Å². The molecule has 2 aromatic rings. The Kier molecular flexibility index (Phi) is 6.81. The molecule has 3 heterocycles. The quantitative estimate of drug-likeness (QED) is 0.656. The lowest BCUT2D eigenvalue weighted by Crippen LogP contribution is -2.45. The molecule has 0 bridgehead atoms. The molecule has 6 rings (SSSR count). The number of fused-ring (bicyclic) bond motifs is 3. The number of morpholine rings is 1. The van der Waals surface area contributed by atoms with E-state index in [2.05, 4.69) is 41.4 Å². The summed E-state index contributed by atoms with van der Waals surface area (Å²) in [5.41, 5.74) is 4.67. The summed E-state index contributed by atoms with van der Waals surface area (Å²) in [6.07, 6.45) is 10.7. The van der Waals surface area contributed by atoms with Crippen molar-refractivity contribution < 1.29 is 14.6 Å². The fourth-order valence-corrected chi connectivity index (χ4v) is 6.52. The van der Waals surface area contributed by atoms with Crippen molar-refractivity contribution >= 4 is 22.5 Å². The van der Waals surface area contributed by atoms with Gasteiger partial charge in [-0.25, -0.2) is 4.99 Å². The minimum absolute atomic E-state index is 0.0537. The molecule has 6 heteroatoms.